The second-order valence-electron chi connectivity index (χ2n) is 6.60. The van der Waals surface area contributed by atoms with Gasteiger partial charge in [0, 0.05) is 12.1 Å². The molecule has 1 atom stereocenters. The molecule has 2 aromatic carbocycles. The van der Waals surface area contributed by atoms with E-state index in [9.17, 15) is 5.11 Å². The molecule has 0 fully saturated rings. The van der Waals surface area contributed by atoms with Crippen molar-refractivity contribution in [2.45, 2.75) is 40.3 Å². The van der Waals surface area contributed by atoms with E-state index in [0.717, 1.165) is 23.6 Å². The van der Waals surface area contributed by atoms with E-state index in [1.54, 1.807) is 6.07 Å². The standard InChI is InChI=1S/C23H33N3O4/c1-6-24-23(25-15-18-10-9-11-20(28-5)22(18)27)26-16(4)17-12-13-19(29-7-2)21(14-17)30-8-3/h9-14,16,27H,6-8,15H2,1-5H3,(H2,24,25,26). The maximum absolute atomic E-state index is 10.3. The predicted octanol–water partition coefficient (Wildman–Crippen LogP) is 4.01. The fourth-order valence-electron chi connectivity index (χ4n) is 2.97. The maximum atomic E-state index is 10.3. The van der Waals surface area contributed by atoms with Crippen molar-refractivity contribution in [3.8, 4) is 23.0 Å². The van der Waals surface area contributed by atoms with Gasteiger partial charge in [-0.1, -0.05) is 18.2 Å². The van der Waals surface area contributed by atoms with Gasteiger partial charge in [0.05, 0.1) is 32.9 Å². The van der Waals surface area contributed by atoms with Gasteiger partial charge in [0.25, 0.3) is 0 Å². The molecule has 0 aliphatic heterocycles. The van der Waals surface area contributed by atoms with Crippen molar-refractivity contribution < 1.29 is 19.3 Å². The van der Waals surface area contributed by atoms with E-state index in [0.29, 0.717) is 37.0 Å². The van der Waals surface area contributed by atoms with Gasteiger partial charge in [0.15, 0.2) is 29.0 Å². The summed E-state index contributed by atoms with van der Waals surface area (Å²) in [5.41, 5.74) is 1.75. The number of ether oxygens (including phenoxy) is 3. The topological polar surface area (TPSA) is 84.3 Å². The smallest absolute Gasteiger partial charge is 0.192 e. The molecule has 0 bridgehead atoms. The van der Waals surface area contributed by atoms with Gasteiger partial charge in [-0.2, -0.15) is 0 Å². The number of hydrogen-bond donors (Lipinski definition) is 3. The third kappa shape index (κ3) is 6.20. The van der Waals surface area contributed by atoms with E-state index in [-0.39, 0.29) is 11.8 Å². The molecule has 7 heteroatoms. The van der Waals surface area contributed by atoms with Crippen LogP contribution in [0.2, 0.25) is 0 Å². The minimum Gasteiger partial charge on any atom is -0.504 e. The normalized spacial score (nSPS) is 12.2. The lowest BCUT2D eigenvalue weighted by Crippen LogP contribution is -2.38. The number of guanidine groups is 1. The van der Waals surface area contributed by atoms with Crippen molar-refractivity contribution >= 4 is 5.96 Å². The fraction of sp³-hybridized carbons (Fsp3) is 0.435. The number of hydrogen-bond acceptors (Lipinski definition) is 5. The van der Waals surface area contributed by atoms with Gasteiger partial charge in [-0.15, -0.1) is 0 Å². The van der Waals surface area contributed by atoms with Gasteiger partial charge in [0.2, 0.25) is 0 Å². The van der Waals surface area contributed by atoms with Crippen LogP contribution in [-0.4, -0.2) is 37.9 Å². The van der Waals surface area contributed by atoms with Gasteiger partial charge >= 0.3 is 0 Å². The van der Waals surface area contributed by atoms with Gasteiger partial charge in [0.1, 0.15) is 0 Å². The Morgan fingerprint density at radius 1 is 1.03 bits per heavy atom. The second kappa shape index (κ2) is 11.8. The quantitative estimate of drug-likeness (QED) is 0.402. The molecule has 0 saturated carbocycles. The number of rotatable bonds is 10. The number of methoxy groups -OCH3 is 1. The lowest BCUT2D eigenvalue weighted by atomic mass is 10.1. The number of para-hydroxylation sites is 1. The zero-order valence-corrected chi connectivity index (χ0v) is 18.5. The van der Waals surface area contributed by atoms with Crippen LogP contribution in [0, 0.1) is 0 Å². The molecular formula is C23H33N3O4. The maximum Gasteiger partial charge on any atom is 0.192 e. The van der Waals surface area contributed by atoms with Crippen LogP contribution in [0.3, 0.4) is 0 Å². The van der Waals surface area contributed by atoms with E-state index in [1.165, 1.54) is 7.11 Å². The average Bonchev–Trinajstić information content (AvgIpc) is 2.74. The monoisotopic (exact) mass is 415 g/mol. The Labute approximate surface area is 179 Å². The summed E-state index contributed by atoms with van der Waals surface area (Å²) in [6.07, 6.45) is 0. The minimum absolute atomic E-state index is 0.0170. The highest BCUT2D eigenvalue weighted by molar-refractivity contribution is 5.80. The molecular weight excluding hydrogens is 382 g/mol. The lowest BCUT2D eigenvalue weighted by molar-refractivity contribution is 0.287. The number of aromatic hydroxyl groups is 1. The largest absolute Gasteiger partial charge is 0.504 e. The van der Waals surface area contributed by atoms with Gasteiger partial charge < -0.3 is 30.0 Å². The van der Waals surface area contributed by atoms with E-state index in [4.69, 9.17) is 14.2 Å². The minimum atomic E-state index is -0.0170. The zero-order chi connectivity index (χ0) is 21.9. The summed E-state index contributed by atoms with van der Waals surface area (Å²) < 4.78 is 16.5. The highest BCUT2D eigenvalue weighted by Crippen LogP contribution is 2.31. The van der Waals surface area contributed by atoms with E-state index in [2.05, 4.69) is 22.5 Å². The average molecular weight is 416 g/mol. The Balaban J connectivity index is 2.17. The Morgan fingerprint density at radius 3 is 2.43 bits per heavy atom. The Kier molecular flexibility index (Phi) is 9.12. The Hall–Kier alpha value is -3.09. The van der Waals surface area contributed by atoms with Crippen molar-refractivity contribution in [3.63, 3.8) is 0 Å². The molecule has 30 heavy (non-hydrogen) atoms. The summed E-state index contributed by atoms with van der Waals surface area (Å²) in [6, 6.07) is 11.3. The highest BCUT2D eigenvalue weighted by Gasteiger charge is 2.13. The van der Waals surface area contributed by atoms with Crippen LogP contribution < -0.4 is 24.8 Å². The molecule has 0 heterocycles. The first-order chi connectivity index (χ1) is 14.5. The van der Waals surface area contributed by atoms with Gasteiger partial charge in [-0.25, -0.2) is 4.99 Å². The van der Waals surface area contributed by atoms with E-state index >= 15 is 0 Å². The lowest BCUT2D eigenvalue weighted by Gasteiger charge is -2.20. The summed E-state index contributed by atoms with van der Waals surface area (Å²) in [4.78, 5) is 4.61. The third-order valence-electron chi connectivity index (χ3n) is 4.47. The van der Waals surface area contributed by atoms with Crippen LogP contribution in [0.5, 0.6) is 23.0 Å². The molecule has 0 amide bonds. The summed E-state index contributed by atoms with van der Waals surface area (Å²) in [5, 5.41) is 16.9. The molecule has 1 unspecified atom stereocenters. The first-order valence-corrected chi connectivity index (χ1v) is 10.3. The zero-order valence-electron chi connectivity index (χ0n) is 18.5. The fourth-order valence-corrected chi connectivity index (χ4v) is 2.97. The second-order valence-corrected chi connectivity index (χ2v) is 6.60. The van der Waals surface area contributed by atoms with Crippen LogP contribution in [0.25, 0.3) is 0 Å². The molecule has 7 nitrogen and oxygen atoms in total. The predicted molar refractivity (Wildman–Crippen MR) is 120 cm³/mol. The molecule has 0 aromatic heterocycles. The number of nitrogens with zero attached hydrogens (tertiary/aromatic N) is 1. The number of benzene rings is 2. The molecule has 2 rings (SSSR count). The SMILES string of the molecule is CCNC(=NCc1cccc(OC)c1O)NC(C)c1ccc(OCC)c(OCC)c1. The molecule has 0 spiro atoms. The summed E-state index contributed by atoms with van der Waals surface area (Å²) in [6.45, 7) is 10.2. The molecule has 3 N–H and O–H groups in total. The highest BCUT2D eigenvalue weighted by atomic mass is 16.5. The van der Waals surface area contributed by atoms with Crippen molar-refractivity contribution in [1.82, 2.24) is 10.6 Å². The third-order valence-corrected chi connectivity index (χ3v) is 4.47. The van der Waals surface area contributed by atoms with Crippen molar-refractivity contribution in [3.05, 3.63) is 47.5 Å². The van der Waals surface area contributed by atoms with Crippen LogP contribution in [0.4, 0.5) is 0 Å². The number of nitrogens with one attached hydrogen (secondary N) is 2. The summed E-state index contributed by atoms with van der Waals surface area (Å²) in [7, 11) is 1.53. The molecule has 0 aliphatic carbocycles. The first kappa shape index (κ1) is 23.2. The van der Waals surface area contributed by atoms with Crippen LogP contribution in [-0.2, 0) is 6.54 Å². The molecule has 0 radical (unpaired) electrons. The first-order valence-electron chi connectivity index (χ1n) is 10.3. The van der Waals surface area contributed by atoms with E-state index in [1.807, 2.05) is 51.1 Å². The van der Waals surface area contributed by atoms with E-state index < -0.39 is 0 Å². The Bertz CT molecular complexity index is 839. The van der Waals surface area contributed by atoms with Gasteiger partial charge in [-0.3, -0.25) is 0 Å². The Morgan fingerprint density at radius 2 is 1.77 bits per heavy atom. The van der Waals surface area contributed by atoms with Crippen molar-refractivity contribution in [2.24, 2.45) is 4.99 Å². The molecule has 164 valence electrons. The van der Waals surface area contributed by atoms with Gasteiger partial charge in [-0.05, 0) is 51.5 Å². The van der Waals surface area contributed by atoms with Crippen LogP contribution in [0.1, 0.15) is 44.9 Å². The van der Waals surface area contributed by atoms with Crippen molar-refractivity contribution in [1.29, 1.82) is 0 Å². The number of phenols is 1. The number of aliphatic imine (C=N–C) groups is 1. The van der Waals surface area contributed by atoms with Crippen LogP contribution in [0.15, 0.2) is 41.4 Å². The molecule has 0 aliphatic rings. The van der Waals surface area contributed by atoms with Crippen LogP contribution >= 0.6 is 0 Å². The van der Waals surface area contributed by atoms with Crippen molar-refractivity contribution in [2.75, 3.05) is 26.9 Å². The molecule has 2 aromatic rings. The number of phenolic OH excluding ortho intramolecular Hbond substituents is 1. The summed E-state index contributed by atoms with van der Waals surface area (Å²) in [5.74, 6) is 2.67. The molecule has 0 saturated heterocycles. The summed E-state index contributed by atoms with van der Waals surface area (Å²) >= 11 is 0.